The van der Waals surface area contributed by atoms with Crippen molar-refractivity contribution in [1.29, 1.82) is 0 Å². The minimum atomic E-state index is -0.587. The van der Waals surface area contributed by atoms with E-state index in [9.17, 15) is 0 Å². The fourth-order valence-corrected chi connectivity index (χ4v) is 7.65. The summed E-state index contributed by atoms with van der Waals surface area (Å²) in [5.41, 5.74) is 9.23. The van der Waals surface area contributed by atoms with Crippen molar-refractivity contribution >= 4 is 12.6 Å². The Kier molecular flexibility index (Phi) is 10.3. The number of hydrogen-bond acceptors (Lipinski definition) is 8. The number of rotatable bonds is 9. The van der Waals surface area contributed by atoms with E-state index in [2.05, 4.69) is 82.3 Å². The molecule has 0 radical (unpaired) electrons. The SMILES string of the molecule is CC1(C)OB(c2cc(-c3cccc(-c4nc(-c5ccccc5)nc(-c5ccccc5)n4)c3)cc(-c3cccc(-c4nc(-c5ccccc5)nc(-c5ccccc5)n4)c3)c2)OC1(C)C. The van der Waals surface area contributed by atoms with Gasteiger partial charge in [0, 0.05) is 33.4 Å². The van der Waals surface area contributed by atoms with Crippen molar-refractivity contribution in [2.24, 2.45) is 0 Å². The summed E-state index contributed by atoms with van der Waals surface area (Å²) in [5.74, 6) is 3.61. The molecule has 9 aromatic rings. The van der Waals surface area contributed by atoms with Gasteiger partial charge in [-0.1, -0.05) is 170 Å². The first-order chi connectivity index (χ1) is 30.7. The lowest BCUT2D eigenvalue weighted by Gasteiger charge is -2.32. The Labute approximate surface area is 368 Å². The third kappa shape index (κ3) is 8.20. The molecule has 0 saturated carbocycles. The van der Waals surface area contributed by atoms with Crippen LogP contribution in [0.5, 0.6) is 0 Å². The summed E-state index contributed by atoms with van der Waals surface area (Å²) in [7, 11) is -0.587. The van der Waals surface area contributed by atoms with Gasteiger partial charge in [0.15, 0.2) is 34.9 Å². The van der Waals surface area contributed by atoms with Gasteiger partial charge in [0.2, 0.25) is 0 Å². The average molecular weight is 819 g/mol. The molecular weight excluding hydrogens is 775 g/mol. The Morgan fingerprint density at radius 3 is 0.857 bits per heavy atom. The second kappa shape index (κ2) is 16.4. The molecule has 8 nitrogen and oxygen atoms in total. The summed E-state index contributed by atoms with van der Waals surface area (Å²) in [6, 6.07) is 63.4. The number of hydrogen-bond donors (Lipinski definition) is 0. The first-order valence-corrected chi connectivity index (χ1v) is 21.1. The van der Waals surface area contributed by atoms with Crippen molar-refractivity contribution in [3.8, 4) is 90.6 Å². The average Bonchev–Trinajstić information content (AvgIpc) is 3.57. The van der Waals surface area contributed by atoms with Gasteiger partial charge in [-0.15, -0.1) is 0 Å². The van der Waals surface area contributed by atoms with E-state index in [0.29, 0.717) is 34.9 Å². The Morgan fingerprint density at radius 2 is 0.540 bits per heavy atom. The summed E-state index contributed by atoms with van der Waals surface area (Å²) in [6.45, 7) is 8.31. The lowest BCUT2D eigenvalue weighted by Crippen LogP contribution is -2.41. The third-order valence-corrected chi connectivity index (χ3v) is 11.8. The second-order valence-electron chi connectivity index (χ2n) is 16.7. The van der Waals surface area contributed by atoms with Crippen molar-refractivity contribution < 1.29 is 9.31 Å². The lowest BCUT2D eigenvalue weighted by atomic mass is 9.76. The van der Waals surface area contributed by atoms with E-state index in [4.69, 9.17) is 39.2 Å². The van der Waals surface area contributed by atoms with E-state index >= 15 is 0 Å². The summed E-state index contributed by atoms with van der Waals surface area (Å²) < 4.78 is 13.3. The highest BCUT2D eigenvalue weighted by Crippen LogP contribution is 2.38. The molecule has 1 aliphatic heterocycles. The molecule has 0 aliphatic carbocycles. The van der Waals surface area contributed by atoms with Crippen LogP contribution in [0.2, 0.25) is 0 Å². The first kappa shape index (κ1) is 39.7. The number of aromatic nitrogens is 6. The maximum Gasteiger partial charge on any atom is 0.494 e. The predicted octanol–water partition coefficient (Wildman–Crippen LogP) is 11.7. The van der Waals surface area contributed by atoms with Crippen LogP contribution < -0.4 is 5.46 Å². The van der Waals surface area contributed by atoms with Crippen molar-refractivity contribution in [2.75, 3.05) is 0 Å². The minimum absolute atomic E-state index is 0.523. The minimum Gasteiger partial charge on any atom is -0.399 e. The van der Waals surface area contributed by atoms with Gasteiger partial charge in [0.1, 0.15) is 0 Å². The molecule has 7 aromatic carbocycles. The van der Waals surface area contributed by atoms with Crippen molar-refractivity contribution in [3.05, 3.63) is 188 Å². The van der Waals surface area contributed by atoms with Crippen LogP contribution in [0.3, 0.4) is 0 Å². The first-order valence-electron chi connectivity index (χ1n) is 21.1. The van der Waals surface area contributed by atoms with Crippen LogP contribution in [0.25, 0.3) is 90.6 Å². The van der Waals surface area contributed by atoms with Gasteiger partial charge in [-0.25, -0.2) is 29.9 Å². The Hall–Kier alpha value is -7.46. The van der Waals surface area contributed by atoms with E-state index in [-0.39, 0.29) is 0 Å². The van der Waals surface area contributed by atoms with Crippen LogP contribution in [0.1, 0.15) is 27.7 Å². The highest BCUT2D eigenvalue weighted by molar-refractivity contribution is 6.62. The van der Waals surface area contributed by atoms with Crippen molar-refractivity contribution in [2.45, 2.75) is 38.9 Å². The highest BCUT2D eigenvalue weighted by atomic mass is 16.7. The molecule has 3 heterocycles. The number of nitrogens with zero attached hydrogens (tertiary/aromatic N) is 6. The molecule has 1 aliphatic rings. The Morgan fingerprint density at radius 1 is 0.286 bits per heavy atom. The standard InChI is InChI=1S/C54H43BN6O2/c1-53(2)54(3,4)63-55(62-53)46-34-44(40-27-17-29-42(31-40)51-58-47(36-19-9-5-10-20-36)56-48(59-51)37-21-11-6-12-22-37)33-45(35-46)41-28-18-30-43(32-41)52-60-49(38-23-13-7-14-24-38)57-50(61-52)39-25-15-8-16-26-39/h5-35H,1-4H3. The molecule has 2 aromatic heterocycles. The van der Waals surface area contributed by atoms with Gasteiger partial charge in [0.05, 0.1) is 11.2 Å². The monoisotopic (exact) mass is 818 g/mol. The van der Waals surface area contributed by atoms with Crippen LogP contribution >= 0.6 is 0 Å². The summed E-state index contributed by atoms with van der Waals surface area (Å²) in [4.78, 5) is 29.9. The molecule has 0 N–H and O–H groups in total. The lowest BCUT2D eigenvalue weighted by molar-refractivity contribution is 0.00578. The van der Waals surface area contributed by atoms with Gasteiger partial charge in [-0.05, 0) is 73.6 Å². The molecule has 0 atom stereocenters. The summed E-state index contributed by atoms with van der Waals surface area (Å²) in [6.07, 6.45) is 0. The zero-order valence-corrected chi connectivity index (χ0v) is 35.5. The molecule has 0 unspecified atom stereocenters. The Bertz CT molecular complexity index is 2760. The third-order valence-electron chi connectivity index (χ3n) is 11.8. The summed E-state index contributed by atoms with van der Waals surface area (Å²) in [5, 5.41) is 0. The fraction of sp³-hybridized carbons (Fsp3) is 0.111. The topological polar surface area (TPSA) is 95.8 Å². The van der Waals surface area contributed by atoms with Crippen molar-refractivity contribution in [3.63, 3.8) is 0 Å². The quantitative estimate of drug-likeness (QED) is 0.133. The molecule has 63 heavy (non-hydrogen) atoms. The molecule has 0 spiro atoms. The molecule has 304 valence electrons. The van der Waals surface area contributed by atoms with E-state index in [1.807, 2.05) is 133 Å². The summed E-state index contributed by atoms with van der Waals surface area (Å²) >= 11 is 0. The van der Waals surface area contributed by atoms with Gasteiger partial charge in [0.25, 0.3) is 0 Å². The normalized spacial score (nSPS) is 14.1. The maximum absolute atomic E-state index is 6.66. The zero-order valence-electron chi connectivity index (χ0n) is 35.5. The van der Waals surface area contributed by atoms with Gasteiger partial charge in [-0.3, -0.25) is 0 Å². The van der Waals surface area contributed by atoms with Crippen LogP contribution in [0, 0.1) is 0 Å². The maximum atomic E-state index is 6.66. The van der Waals surface area contributed by atoms with Crippen LogP contribution in [-0.2, 0) is 9.31 Å². The van der Waals surface area contributed by atoms with Gasteiger partial charge >= 0.3 is 7.12 Å². The molecule has 1 saturated heterocycles. The van der Waals surface area contributed by atoms with Crippen LogP contribution in [-0.4, -0.2) is 48.2 Å². The second-order valence-corrected chi connectivity index (χ2v) is 16.7. The molecule has 10 rings (SSSR count). The van der Waals surface area contributed by atoms with E-state index in [1.54, 1.807) is 0 Å². The smallest absolute Gasteiger partial charge is 0.399 e. The van der Waals surface area contributed by atoms with Gasteiger partial charge in [-0.2, -0.15) is 0 Å². The fourth-order valence-electron chi connectivity index (χ4n) is 7.65. The number of benzene rings is 7. The molecular formula is C54H43BN6O2. The molecule has 1 fully saturated rings. The zero-order chi connectivity index (χ0) is 43.0. The largest absolute Gasteiger partial charge is 0.494 e. The predicted molar refractivity (Wildman–Crippen MR) is 252 cm³/mol. The molecule has 0 amide bonds. The van der Waals surface area contributed by atoms with E-state index in [1.165, 1.54) is 0 Å². The molecule has 0 bridgehead atoms. The van der Waals surface area contributed by atoms with E-state index in [0.717, 1.165) is 61.1 Å². The molecule has 9 heteroatoms. The highest BCUT2D eigenvalue weighted by Gasteiger charge is 2.51. The van der Waals surface area contributed by atoms with Crippen molar-refractivity contribution in [1.82, 2.24) is 29.9 Å². The van der Waals surface area contributed by atoms with Gasteiger partial charge < -0.3 is 9.31 Å². The van der Waals surface area contributed by atoms with Crippen LogP contribution in [0.4, 0.5) is 0 Å². The Balaban J connectivity index is 1.09. The van der Waals surface area contributed by atoms with Crippen LogP contribution in [0.15, 0.2) is 188 Å². The van der Waals surface area contributed by atoms with E-state index < -0.39 is 18.3 Å².